The monoisotopic (exact) mass is 426 g/mol. The Hall–Kier alpha value is -2.63. The number of hydrogen-bond acceptors (Lipinski definition) is 3. The summed E-state index contributed by atoms with van der Waals surface area (Å²) < 4.78 is 5.68. The predicted molar refractivity (Wildman–Crippen MR) is 121 cm³/mol. The highest BCUT2D eigenvalue weighted by molar-refractivity contribution is 6.30. The quantitative estimate of drug-likeness (QED) is 0.657. The summed E-state index contributed by atoms with van der Waals surface area (Å²) >= 11 is 6.01. The van der Waals surface area contributed by atoms with Crippen molar-refractivity contribution in [1.29, 1.82) is 0 Å². The van der Waals surface area contributed by atoms with Crippen molar-refractivity contribution in [3.05, 3.63) is 70.3 Å². The van der Waals surface area contributed by atoms with Gasteiger partial charge in [0.1, 0.15) is 6.54 Å². The molecule has 3 rings (SSSR count). The van der Waals surface area contributed by atoms with Crippen LogP contribution < -0.4 is 5.32 Å². The fourth-order valence-electron chi connectivity index (χ4n) is 3.40. The van der Waals surface area contributed by atoms with Crippen LogP contribution in [0.15, 0.2) is 48.5 Å². The van der Waals surface area contributed by atoms with Gasteiger partial charge in [-0.3, -0.25) is 9.59 Å². The molecule has 1 aliphatic heterocycles. The third kappa shape index (κ3) is 6.18. The number of benzene rings is 2. The second-order valence-corrected chi connectivity index (χ2v) is 7.97. The number of halogens is 1. The summed E-state index contributed by atoms with van der Waals surface area (Å²) in [6.45, 7) is 5.01. The molecule has 2 amide bonds. The van der Waals surface area contributed by atoms with Crippen LogP contribution in [-0.4, -0.2) is 42.5 Å². The first kappa shape index (κ1) is 22.1. The minimum Gasteiger partial charge on any atom is -0.376 e. The summed E-state index contributed by atoms with van der Waals surface area (Å²) in [5, 5.41) is 3.53. The maximum atomic E-state index is 12.9. The molecule has 1 N–H and O–H groups in total. The second-order valence-electron chi connectivity index (χ2n) is 7.54. The average molecular weight is 427 g/mol. The summed E-state index contributed by atoms with van der Waals surface area (Å²) in [6.07, 6.45) is 5.01. The van der Waals surface area contributed by atoms with E-state index in [1.54, 1.807) is 18.2 Å². The predicted octanol–water partition coefficient (Wildman–Crippen LogP) is 4.62. The maximum Gasteiger partial charge on any atom is 0.247 e. The number of amides is 2. The van der Waals surface area contributed by atoms with E-state index in [4.69, 9.17) is 16.3 Å². The minimum atomic E-state index is -0.235. The lowest BCUT2D eigenvalue weighted by molar-refractivity contribution is -0.131. The topological polar surface area (TPSA) is 58.6 Å². The number of aryl methyl sites for hydroxylation is 1. The Morgan fingerprint density at radius 1 is 1.23 bits per heavy atom. The Balaban J connectivity index is 1.70. The summed E-state index contributed by atoms with van der Waals surface area (Å²) in [7, 11) is 0. The molecule has 0 aromatic heterocycles. The third-order valence-corrected chi connectivity index (χ3v) is 5.48. The number of nitrogens with one attached hydrogen (secondary N) is 1. The van der Waals surface area contributed by atoms with Gasteiger partial charge in [0.2, 0.25) is 11.8 Å². The van der Waals surface area contributed by atoms with Crippen LogP contribution in [-0.2, 0) is 14.3 Å². The molecule has 0 unspecified atom stereocenters. The second kappa shape index (κ2) is 10.4. The first-order valence-electron chi connectivity index (χ1n) is 10.1. The SMILES string of the molecule is Cc1cccc(NC(=O)CN(C[C@@H]2CCCO2)C(=O)/C=C/c2cccc(Cl)c2)c1C. The maximum absolute atomic E-state index is 12.9. The smallest absolute Gasteiger partial charge is 0.247 e. The number of carbonyl (C=O) groups excluding carboxylic acids is 2. The van der Waals surface area contributed by atoms with Crippen molar-refractivity contribution in [2.45, 2.75) is 32.8 Å². The lowest BCUT2D eigenvalue weighted by atomic mass is 10.1. The van der Waals surface area contributed by atoms with Gasteiger partial charge < -0.3 is 15.0 Å². The average Bonchev–Trinajstić information content (AvgIpc) is 3.22. The summed E-state index contributed by atoms with van der Waals surface area (Å²) in [4.78, 5) is 27.1. The van der Waals surface area contributed by atoms with Gasteiger partial charge in [-0.15, -0.1) is 0 Å². The van der Waals surface area contributed by atoms with Crippen molar-refractivity contribution in [3.63, 3.8) is 0 Å². The number of nitrogens with zero attached hydrogens (tertiary/aromatic N) is 1. The zero-order valence-electron chi connectivity index (χ0n) is 17.4. The van der Waals surface area contributed by atoms with E-state index in [9.17, 15) is 9.59 Å². The van der Waals surface area contributed by atoms with Gasteiger partial charge in [0, 0.05) is 29.9 Å². The van der Waals surface area contributed by atoms with Gasteiger partial charge in [-0.25, -0.2) is 0 Å². The van der Waals surface area contributed by atoms with E-state index in [1.807, 2.05) is 44.2 Å². The van der Waals surface area contributed by atoms with Crippen LogP contribution >= 0.6 is 11.6 Å². The molecule has 5 nitrogen and oxygen atoms in total. The van der Waals surface area contributed by atoms with E-state index < -0.39 is 0 Å². The Bertz CT molecular complexity index is 936. The molecule has 1 fully saturated rings. The Kier molecular flexibility index (Phi) is 7.66. The van der Waals surface area contributed by atoms with E-state index in [2.05, 4.69) is 5.32 Å². The lowest BCUT2D eigenvalue weighted by Crippen LogP contribution is -2.41. The van der Waals surface area contributed by atoms with Gasteiger partial charge in [0.05, 0.1) is 6.10 Å². The van der Waals surface area contributed by atoms with Gasteiger partial charge >= 0.3 is 0 Å². The molecule has 1 aliphatic rings. The molecular formula is C24H27ClN2O3. The highest BCUT2D eigenvalue weighted by atomic mass is 35.5. The molecule has 30 heavy (non-hydrogen) atoms. The number of hydrogen-bond donors (Lipinski definition) is 1. The van der Waals surface area contributed by atoms with Gasteiger partial charge in [-0.2, -0.15) is 0 Å². The van der Waals surface area contributed by atoms with E-state index in [0.29, 0.717) is 18.2 Å². The largest absolute Gasteiger partial charge is 0.376 e. The van der Waals surface area contributed by atoms with Gasteiger partial charge in [-0.05, 0) is 67.7 Å². The number of anilines is 1. The zero-order chi connectivity index (χ0) is 21.5. The van der Waals surface area contributed by atoms with E-state index >= 15 is 0 Å². The van der Waals surface area contributed by atoms with Crippen LogP contribution in [0.2, 0.25) is 5.02 Å². The lowest BCUT2D eigenvalue weighted by Gasteiger charge is -2.24. The summed E-state index contributed by atoms with van der Waals surface area (Å²) in [5.41, 5.74) is 3.71. The first-order chi connectivity index (χ1) is 14.4. The first-order valence-corrected chi connectivity index (χ1v) is 10.5. The third-order valence-electron chi connectivity index (χ3n) is 5.24. The molecule has 1 heterocycles. The molecule has 6 heteroatoms. The number of ether oxygens (including phenoxy) is 1. The van der Waals surface area contributed by atoms with Crippen LogP contribution in [0.25, 0.3) is 6.08 Å². The fourth-order valence-corrected chi connectivity index (χ4v) is 3.60. The van der Waals surface area contributed by atoms with Crippen molar-refractivity contribution in [3.8, 4) is 0 Å². The molecule has 158 valence electrons. The standard InChI is InChI=1S/C24H27ClN2O3/c1-17-6-3-10-22(18(17)2)26-23(28)16-27(15-21-9-5-13-30-21)24(29)12-11-19-7-4-8-20(25)14-19/h3-4,6-8,10-12,14,21H,5,9,13,15-16H2,1-2H3,(H,26,28)/b12-11+/t21-/m0/s1. The Labute approximate surface area is 182 Å². The molecule has 2 aromatic carbocycles. The molecule has 0 bridgehead atoms. The summed E-state index contributed by atoms with van der Waals surface area (Å²) in [6, 6.07) is 13.0. The van der Waals surface area contributed by atoms with E-state index in [-0.39, 0.29) is 24.5 Å². The van der Waals surface area contributed by atoms with Gasteiger partial charge in [0.25, 0.3) is 0 Å². The van der Waals surface area contributed by atoms with Gasteiger partial charge in [0.15, 0.2) is 0 Å². The van der Waals surface area contributed by atoms with Crippen LogP contribution in [0.5, 0.6) is 0 Å². The number of carbonyl (C=O) groups is 2. The zero-order valence-corrected chi connectivity index (χ0v) is 18.1. The molecular weight excluding hydrogens is 400 g/mol. The molecule has 1 saturated heterocycles. The van der Waals surface area contributed by atoms with Crippen molar-refractivity contribution in [2.75, 3.05) is 25.0 Å². The Morgan fingerprint density at radius 3 is 2.77 bits per heavy atom. The molecule has 0 saturated carbocycles. The van der Waals surface area contributed by atoms with Crippen molar-refractivity contribution >= 4 is 35.2 Å². The Morgan fingerprint density at radius 2 is 2.03 bits per heavy atom. The molecule has 1 atom stereocenters. The van der Waals surface area contributed by atoms with Crippen LogP contribution in [0, 0.1) is 13.8 Å². The van der Waals surface area contributed by atoms with E-state index in [0.717, 1.165) is 35.2 Å². The molecule has 0 spiro atoms. The number of rotatable bonds is 7. The fraction of sp³-hybridized carbons (Fsp3) is 0.333. The molecule has 0 aliphatic carbocycles. The summed E-state index contributed by atoms with van der Waals surface area (Å²) in [5.74, 6) is -0.465. The normalized spacial score (nSPS) is 16.0. The molecule has 2 aromatic rings. The highest BCUT2D eigenvalue weighted by Gasteiger charge is 2.23. The van der Waals surface area contributed by atoms with Crippen molar-refractivity contribution < 1.29 is 14.3 Å². The van der Waals surface area contributed by atoms with E-state index in [1.165, 1.54) is 11.0 Å². The van der Waals surface area contributed by atoms with Crippen LogP contribution in [0.4, 0.5) is 5.69 Å². The molecule has 0 radical (unpaired) electrons. The van der Waals surface area contributed by atoms with Crippen LogP contribution in [0.1, 0.15) is 29.5 Å². The van der Waals surface area contributed by atoms with Crippen LogP contribution in [0.3, 0.4) is 0 Å². The van der Waals surface area contributed by atoms with Gasteiger partial charge in [-0.1, -0.05) is 35.9 Å². The van der Waals surface area contributed by atoms with Crippen molar-refractivity contribution in [2.24, 2.45) is 0 Å². The highest BCUT2D eigenvalue weighted by Crippen LogP contribution is 2.19. The van der Waals surface area contributed by atoms with Crippen molar-refractivity contribution in [1.82, 2.24) is 4.90 Å². The minimum absolute atomic E-state index is 0.0358.